The Morgan fingerprint density at radius 1 is 1.00 bits per heavy atom. The van der Waals surface area contributed by atoms with E-state index in [-0.39, 0.29) is 24.3 Å². The number of amides is 1. The van der Waals surface area contributed by atoms with Gasteiger partial charge in [0.15, 0.2) is 12.4 Å². The number of carbonyl (C=O) groups is 2. The van der Waals surface area contributed by atoms with Crippen molar-refractivity contribution >= 4 is 23.3 Å². The van der Waals surface area contributed by atoms with Crippen LogP contribution in [0.2, 0.25) is 5.02 Å². The molecule has 1 amide bonds. The van der Waals surface area contributed by atoms with Crippen LogP contribution in [0.5, 0.6) is 5.75 Å². The molecule has 1 N–H and O–H groups in total. The Bertz CT molecular complexity index is 678. The number of hydrogen-bond acceptors (Lipinski definition) is 3. The highest BCUT2D eigenvalue weighted by Crippen LogP contribution is 2.17. The third-order valence-corrected chi connectivity index (χ3v) is 3.29. The summed E-state index contributed by atoms with van der Waals surface area (Å²) in [6, 6.07) is 13.5. The Kier molecular flexibility index (Phi) is 5.77. The van der Waals surface area contributed by atoms with E-state index in [1.807, 2.05) is 13.8 Å². The molecule has 4 nitrogen and oxygen atoms in total. The number of ether oxygens (including phenoxy) is 1. The molecule has 0 saturated carbocycles. The van der Waals surface area contributed by atoms with Crippen LogP contribution >= 0.6 is 11.6 Å². The Labute approximate surface area is 140 Å². The molecule has 0 radical (unpaired) electrons. The average Bonchev–Trinajstić information content (AvgIpc) is 2.53. The van der Waals surface area contributed by atoms with Gasteiger partial charge in [-0.25, -0.2) is 0 Å². The fourth-order valence-electron chi connectivity index (χ4n) is 1.98. The van der Waals surface area contributed by atoms with Gasteiger partial charge in [-0.05, 0) is 62.4 Å². The van der Waals surface area contributed by atoms with E-state index < -0.39 is 0 Å². The molecular formula is C18H18ClNO3. The monoisotopic (exact) mass is 331 g/mol. The van der Waals surface area contributed by atoms with E-state index in [0.29, 0.717) is 21.9 Å². The highest BCUT2D eigenvalue weighted by atomic mass is 35.5. The van der Waals surface area contributed by atoms with Gasteiger partial charge in [-0.15, -0.1) is 0 Å². The number of carbonyl (C=O) groups excluding carboxylic acids is 2. The van der Waals surface area contributed by atoms with Gasteiger partial charge >= 0.3 is 0 Å². The minimum atomic E-state index is -0.179. The Morgan fingerprint density at radius 3 is 2.04 bits per heavy atom. The third-order valence-electron chi connectivity index (χ3n) is 3.04. The summed E-state index contributed by atoms with van der Waals surface area (Å²) in [4.78, 5) is 23.8. The molecule has 2 aromatic rings. The highest BCUT2D eigenvalue weighted by Gasteiger charge is 2.09. The first-order valence-corrected chi connectivity index (χ1v) is 7.66. The summed E-state index contributed by atoms with van der Waals surface area (Å²) in [7, 11) is 0. The number of rotatable bonds is 6. The van der Waals surface area contributed by atoms with E-state index in [4.69, 9.17) is 16.3 Å². The molecule has 0 aliphatic rings. The lowest BCUT2D eigenvalue weighted by atomic mass is 10.0. The summed E-state index contributed by atoms with van der Waals surface area (Å²) in [6.07, 6.45) is 0. The van der Waals surface area contributed by atoms with Crippen molar-refractivity contribution in [2.75, 3.05) is 6.61 Å². The van der Waals surface area contributed by atoms with Gasteiger partial charge in [-0.3, -0.25) is 9.59 Å². The zero-order valence-corrected chi connectivity index (χ0v) is 13.8. The quantitative estimate of drug-likeness (QED) is 0.824. The number of hydrogen-bond donors (Lipinski definition) is 1. The van der Waals surface area contributed by atoms with Gasteiger partial charge in [0, 0.05) is 22.2 Å². The first-order valence-electron chi connectivity index (χ1n) is 7.28. The predicted molar refractivity (Wildman–Crippen MR) is 90.1 cm³/mol. The first-order chi connectivity index (χ1) is 11.0. The van der Waals surface area contributed by atoms with Crippen molar-refractivity contribution in [3.63, 3.8) is 0 Å². The summed E-state index contributed by atoms with van der Waals surface area (Å²) in [5, 5.41) is 3.33. The predicted octanol–water partition coefficient (Wildman–Crippen LogP) is 3.47. The smallest absolute Gasteiger partial charge is 0.258 e. The average molecular weight is 332 g/mol. The van der Waals surface area contributed by atoms with Crippen molar-refractivity contribution in [1.29, 1.82) is 0 Å². The van der Waals surface area contributed by atoms with E-state index in [2.05, 4.69) is 5.32 Å². The molecule has 0 fully saturated rings. The lowest BCUT2D eigenvalue weighted by Crippen LogP contribution is -2.34. The second kappa shape index (κ2) is 7.79. The summed E-state index contributed by atoms with van der Waals surface area (Å²) >= 11 is 5.81. The molecule has 2 aromatic carbocycles. The lowest BCUT2D eigenvalue weighted by molar-refractivity contribution is -0.123. The summed E-state index contributed by atoms with van der Waals surface area (Å²) < 4.78 is 5.38. The highest BCUT2D eigenvalue weighted by molar-refractivity contribution is 6.30. The van der Waals surface area contributed by atoms with Crippen molar-refractivity contribution in [2.24, 2.45) is 0 Å². The zero-order valence-electron chi connectivity index (χ0n) is 13.0. The number of nitrogens with one attached hydrogen (secondary N) is 1. The van der Waals surface area contributed by atoms with Gasteiger partial charge in [0.1, 0.15) is 5.75 Å². The Morgan fingerprint density at radius 2 is 1.52 bits per heavy atom. The normalized spacial score (nSPS) is 10.4. The van der Waals surface area contributed by atoms with Crippen molar-refractivity contribution in [1.82, 2.24) is 5.32 Å². The Balaban J connectivity index is 1.97. The van der Waals surface area contributed by atoms with Crippen LogP contribution in [0.15, 0.2) is 48.5 Å². The van der Waals surface area contributed by atoms with Gasteiger partial charge in [0.05, 0.1) is 0 Å². The molecule has 0 heterocycles. The maximum atomic E-state index is 12.3. The van der Waals surface area contributed by atoms with Gasteiger partial charge in [-0.2, -0.15) is 0 Å². The largest absolute Gasteiger partial charge is 0.484 e. The van der Waals surface area contributed by atoms with Crippen molar-refractivity contribution < 1.29 is 14.3 Å². The second-order valence-electron chi connectivity index (χ2n) is 5.37. The molecule has 2 rings (SSSR count). The fourth-order valence-corrected chi connectivity index (χ4v) is 2.11. The van der Waals surface area contributed by atoms with Crippen LogP contribution in [0, 0.1) is 0 Å². The molecule has 5 heteroatoms. The minimum absolute atomic E-state index is 0.0529. The minimum Gasteiger partial charge on any atom is -0.484 e. The molecule has 120 valence electrons. The summed E-state index contributed by atoms with van der Waals surface area (Å²) in [6.45, 7) is 3.72. The molecular weight excluding hydrogens is 314 g/mol. The molecule has 0 saturated heterocycles. The summed E-state index contributed by atoms with van der Waals surface area (Å²) in [5.41, 5.74) is 1.12. The van der Waals surface area contributed by atoms with Crippen molar-refractivity contribution in [2.45, 2.75) is 19.9 Å². The van der Waals surface area contributed by atoms with Gasteiger partial charge < -0.3 is 10.1 Å². The van der Waals surface area contributed by atoms with Crippen LogP contribution in [0.3, 0.4) is 0 Å². The van der Waals surface area contributed by atoms with E-state index in [9.17, 15) is 9.59 Å². The zero-order chi connectivity index (χ0) is 16.8. The number of ketones is 1. The fraction of sp³-hybridized carbons (Fsp3) is 0.222. The molecule has 0 bridgehead atoms. The number of benzene rings is 2. The first kappa shape index (κ1) is 17.0. The molecule has 0 aliphatic heterocycles. The van der Waals surface area contributed by atoms with E-state index >= 15 is 0 Å². The SMILES string of the molecule is CC(C)NC(=O)COc1ccc(C(=O)c2ccc(Cl)cc2)cc1. The third kappa shape index (κ3) is 5.11. The summed E-state index contributed by atoms with van der Waals surface area (Å²) in [5.74, 6) is 0.267. The molecule has 0 aliphatic carbocycles. The second-order valence-corrected chi connectivity index (χ2v) is 5.81. The van der Waals surface area contributed by atoms with Crippen LogP contribution in [-0.4, -0.2) is 24.3 Å². The van der Waals surface area contributed by atoms with E-state index in [0.717, 1.165) is 0 Å². The van der Waals surface area contributed by atoms with E-state index in [1.165, 1.54) is 0 Å². The molecule has 0 spiro atoms. The van der Waals surface area contributed by atoms with Crippen molar-refractivity contribution in [3.05, 3.63) is 64.7 Å². The molecule has 0 aromatic heterocycles. The van der Waals surface area contributed by atoms with Gasteiger partial charge in [0.2, 0.25) is 0 Å². The van der Waals surface area contributed by atoms with Crippen LogP contribution in [0.1, 0.15) is 29.8 Å². The topological polar surface area (TPSA) is 55.4 Å². The standard InChI is InChI=1S/C18H18ClNO3/c1-12(2)20-17(21)11-23-16-9-5-14(6-10-16)18(22)13-3-7-15(19)8-4-13/h3-10,12H,11H2,1-2H3,(H,20,21). The maximum Gasteiger partial charge on any atom is 0.258 e. The maximum absolute atomic E-state index is 12.3. The Hall–Kier alpha value is -2.33. The molecule has 0 unspecified atom stereocenters. The number of halogens is 1. The van der Waals surface area contributed by atoms with Crippen LogP contribution < -0.4 is 10.1 Å². The van der Waals surface area contributed by atoms with Crippen molar-refractivity contribution in [3.8, 4) is 5.75 Å². The lowest BCUT2D eigenvalue weighted by Gasteiger charge is -2.10. The van der Waals surface area contributed by atoms with Gasteiger partial charge in [0.25, 0.3) is 5.91 Å². The van der Waals surface area contributed by atoms with Crippen LogP contribution in [-0.2, 0) is 4.79 Å². The van der Waals surface area contributed by atoms with Crippen LogP contribution in [0.4, 0.5) is 0 Å². The molecule has 23 heavy (non-hydrogen) atoms. The molecule has 0 atom stereocenters. The van der Waals surface area contributed by atoms with Gasteiger partial charge in [-0.1, -0.05) is 11.6 Å². The van der Waals surface area contributed by atoms with E-state index in [1.54, 1.807) is 48.5 Å². The van der Waals surface area contributed by atoms with Crippen LogP contribution in [0.25, 0.3) is 0 Å².